The number of hydrogen-bond acceptors (Lipinski definition) is 4. The van der Waals surface area contributed by atoms with E-state index in [1.807, 2.05) is 17.8 Å². The number of aromatic nitrogens is 2. The highest BCUT2D eigenvalue weighted by molar-refractivity contribution is 4.91. The quantitative estimate of drug-likeness (QED) is 0.587. The van der Waals surface area contributed by atoms with Gasteiger partial charge in [-0.05, 0) is 7.05 Å². The Morgan fingerprint density at radius 2 is 2.43 bits per heavy atom. The van der Waals surface area contributed by atoms with Crippen LogP contribution in [0.4, 0.5) is 0 Å². The molecule has 0 atom stereocenters. The van der Waals surface area contributed by atoms with E-state index >= 15 is 0 Å². The van der Waals surface area contributed by atoms with Crippen LogP contribution in [0, 0.1) is 0 Å². The first kappa shape index (κ1) is 11.2. The van der Waals surface area contributed by atoms with Crippen molar-refractivity contribution in [1.82, 2.24) is 14.9 Å². The Hall–Kier alpha value is -0.910. The van der Waals surface area contributed by atoms with Gasteiger partial charge in [-0.2, -0.15) is 0 Å². The van der Waals surface area contributed by atoms with Crippen molar-refractivity contribution in [3.05, 3.63) is 18.2 Å². The molecule has 0 bridgehead atoms. The number of nitrogens with zero attached hydrogens (tertiary/aromatic N) is 2. The molecule has 1 rings (SSSR count). The van der Waals surface area contributed by atoms with Gasteiger partial charge in [0.15, 0.2) is 0 Å². The second kappa shape index (κ2) is 6.53. The molecule has 0 aliphatic heterocycles. The summed E-state index contributed by atoms with van der Waals surface area (Å²) in [5.41, 5.74) is 0. The maximum atomic E-state index is 8.51. The average molecular weight is 199 g/mol. The van der Waals surface area contributed by atoms with Crippen LogP contribution in [-0.4, -0.2) is 41.5 Å². The van der Waals surface area contributed by atoms with Gasteiger partial charge in [0.25, 0.3) is 0 Å². The molecule has 2 N–H and O–H groups in total. The van der Waals surface area contributed by atoms with Crippen LogP contribution in [0.15, 0.2) is 12.4 Å². The molecule has 0 saturated heterocycles. The monoisotopic (exact) mass is 199 g/mol. The Balaban J connectivity index is 2.30. The molecule has 0 aromatic carbocycles. The van der Waals surface area contributed by atoms with Crippen LogP contribution in [0.3, 0.4) is 0 Å². The Morgan fingerprint density at radius 1 is 1.57 bits per heavy atom. The lowest BCUT2D eigenvalue weighted by atomic mass is 10.5. The number of imidazole rings is 1. The lowest BCUT2D eigenvalue weighted by Crippen LogP contribution is -2.15. The minimum Gasteiger partial charge on any atom is -0.394 e. The topological polar surface area (TPSA) is 59.3 Å². The van der Waals surface area contributed by atoms with Crippen molar-refractivity contribution in [2.45, 2.75) is 13.1 Å². The van der Waals surface area contributed by atoms with Crippen LogP contribution in [0.5, 0.6) is 0 Å². The molecule has 0 unspecified atom stereocenters. The van der Waals surface area contributed by atoms with Crippen LogP contribution >= 0.6 is 0 Å². The number of rotatable bonds is 7. The molecule has 5 nitrogen and oxygen atoms in total. The number of hydrogen-bond donors (Lipinski definition) is 2. The summed E-state index contributed by atoms with van der Waals surface area (Å²) >= 11 is 0. The Kier molecular flexibility index (Phi) is 5.21. The molecule has 1 aromatic heterocycles. The molecule has 5 heteroatoms. The van der Waals surface area contributed by atoms with Crippen LogP contribution in [-0.2, 0) is 17.8 Å². The predicted octanol–water partition coefficient (Wildman–Crippen LogP) is -0.389. The van der Waals surface area contributed by atoms with E-state index in [1.165, 1.54) is 0 Å². The standard InChI is InChI=1S/C9H17N3O2/c1-10-8-9-11-2-3-12(9)4-6-14-7-5-13/h2-3,10,13H,4-8H2,1H3. The second-order valence-electron chi connectivity index (χ2n) is 2.90. The van der Waals surface area contributed by atoms with E-state index in [0.29, 0.717) is 13.2 Å². The minimum absolute atomic E-state index is 0.0767. The van der Waals surface area contributed by atoms with Crippen LogP contribution in [0.1, 0.15) is 5.82 Å². The molecule has 1 aromatic rings. The highest BCUT2D eigenvalue weighted by atomic mass is 16.5. The van der Waals surface area contributed by atoms with Crippen molar-refractivity contribution in [2.24, 2.45) is 0 Å². The lowest BCUT2D eigenvalue weighted by molar-refractivity contribution is 0.0866. The van der Waals surface area contributed by atoms with Crippen molar-refractivity contribution < 1.29 is 9.84 Å². The fourth-order valence-electron chi connectivity index (χ4n) is 1.20. The Labute approximate surface area is 83.7 Å². The van der Waals surface area contributed by atoms with Crippen LogP contribution in [0.25, 0.3) is 0 Å². The summed E-state index contributed by atoms with van der Waals surface area (Å²) in [7, 11) is 1.89. The Morgan fingerprint density at radius 3 is 3.14 bits per heavy atom. The fourth-order valence-corrected chi connectivity index (χ4v) is 1.20. The fraction of sp³-hybridized carbons (Fsp3) is 0.667. The van der Waals surface area contributed by atoms with E-state index in [4.69, 9.17) is 9.84 Å². The maximum Gasteiger partial charge on any atom is 0.122 e. The Bertz CT molecular complexity index is 250. The zero-order valence-corrected chi connectivity index (χ0v) is 8.44. The zero-order valence-electron chi connectivity index (χ0n) is 8.44. The van der Waals surface area contributed by atoms with E-state index in [0.717, 1.165) is 18.9 Å². The largest absolute Gasteiger partial charge is 0.394 e. The second-order valence-corrected chi connectivity index (χ2v) is 2.90. The normalized spacial score (nSPS) is 10.7. The molecular weight excluding hydrogens is 182 g/mol. The molecule has 14 heavy (non-hydrogen) atoms. The van der Waals surface area contributed by atoms with Gasteiger partial charge in [0, 0.05) is 18.9 Å². The lowest BCUT2D eigenvalue weighted by Gasteiger charge is -2.07. The van der Waals surface area contributed by atoms with Gasteiger partial charge in [0.05, 0.1) is 26.4 Å². The van der Waals surface area contributed by atoms with Gasteiger partial charge in [-0.25, -0.2) is 4.98 Å². The average Bonchev–Trinajstić information content (AvgIpc) is 2.61. The smallest absolute Gasteiger partial charge is 0.122 e. The van der Waals surface area contributed by atoms with Crippen LogP contribution in [0.2, 0.25) is 0 Å². The van der Waals surface area contributed by atoms with Gasteiger partial charge in [-0.1, -0.05) is 0 Å². The van der Waals surface area contributed by atoms with Crippen molar-refractivity contribution >= 4 is 0 Å². The van der Waals surface area contributed by atoms with E-state index in [1.54, 1.807) is 6.20 Å². The van der Waals surface area contributed by atoms with Crippen molar-refractivity contribution in [3.63, 3.8) is 0 Å². The number of ether oxygens (including phenoxy) is 1. The van der Waals surface area contributed by atoms with Crippen LogP contribution < -0.4 is 5.32 Å². The summed E-state index contributed by atoms with van der Waals surface area (Å²) in [4.78, 5) is 4.20. The number of aliphatic hydroxyl groups excluding tert-OH is 1. The molecule has 1 heterocycles. The van der Waals surface area contributed by atoms with E-state index in [-0.39, 0.29) is 6.61 Å². The van der Waals surface area contributed by atoms with Gasteiger partial charge < -0.3 is 19.7 Å². The first-order valence-corrected chi connectivity index (χ1v) is 4.71. The van der Waals surface area contributed by atoms with Gasteiger partial charge in [0.2, 0.25) is 0 Å². The first-order chi connectivity index (χ1) is 6.88. The summed E-state index contributed by atoms with van der Waals surface area (Å²) in [5, 5.41) is 11.6. The number of aliphatic hydroxyl groups is 1. The SMILES string of the molecule is CNCc1nccn1CCOCCO. The van der Waals surface area contributed by atoms with Gasteiger partial charge >= 0.3 is 0 Å². The summed E-state index contributed by atoms with van der Waals surface area (Å²) in [6, 6.07) is 0. The van der Waals surface area contributed by atoms with E-state index < -0.39 is 0 Å². The molecule has 0 fully saturated rings. The van der Waals surface area contributed by atoms with Gasteiger partial charge in [-0.15, -0.1) is 0 Å². The van der Waals surface area contributed by atoms with E-state index in [9.17, 15) is 0 Å². The summed E-state index contributed by atoms with van der Waals surface area (Å²) in [6.07, 6.45) is 3.70. The molecule has 0 radical (unpaired) electrons. The molecule has 0 amide bonds. The molecule has 0 spiro atoms. The highest BCUT2D eigenvalue weighted by Crippen LogP contribution is 1.96. The third kappa shape index (κ3) is 3.45. The number of nitrogens with one attached hydrogen (secondary N) is 1. The minimum atomic E-state index is 0.0767. The van der Waals surface area contributed by atoms with E-state index in [2.05, 4.69) is 10.3 Å². The van der Waals surface area contributed by atoms with Gasteiger partial charge in [0.1, 0.15) is 5.82 Å². The summed E-state index contributed by atoms with van der Waals surface area (Å²) in [6.45, 7) is 2.61. The summed E-state index contributed by atoms with van der Waals surface area (Å²) < 4.78 is 7.21. The highest BCUT2D eigenvalue weighted by Gasteiger charge is 2.00. The first-order valence-electron chi connectivity index (χ1n) is 4.71. The maximum absolute atomic E-state index is 8.51. The molecule has 0 saturated carbocycles. The summed E-state index contributed by atoms with van der Waals surface area (Å²) in [5.74, 6) is 1.00. The third-order valence-electron chi connectivity index (χ3n) is 1.85. The molecule has 0 aliphatic rings. The molecule has 0 aliphatic carbocycles. The zero-order chi connectivity index (χ0) is 10.2. The van der Waals surface area contributed by atoms with Crippen molar-refractivity contribution in [1.29, 1.82) is 0 Å². The predicted molar refractivity (Wildman–Crippen MR) is 52.9 cm³/mol. The third-order valence-corrected chi connectivity index (χ3v) is 1.85. The van der Waals surface area contributed by atoms with Crippen molar-refractivity contribution in [2.75, 3.05) is 26.9 Å². The molecule has 80 valence electrons. The van der Waals surface area contributed by atoms with Crippen molar-refractivity contribution in [3.8, 4) is 0 Å². The van der Waals surface area contributed by atoms with Gasteiger partial charge in [-0.3, -0.25) is 0 Å². The molecular formula is C9H17N3O2.